The predicted octanol–water partition coefficient (Wildman–Crippen LogP) is 3.17. The second kappa shape index (κ2) is 7.65. The van der Waals surface area contributed by atoms with Gasteiger partial charge in [0.15, 0.2) is 0 Å². The minimum atomic E-state index is -0.283. The molecule has 0 aromatic heterocycles. The topological polar surface area (TPSA) is 59.0 Å². The third kappa shape index (κ3) is 3.47. The first-order valence-corrected chi connectivity index (χ1v) is 9.28. The lowest BCUT2D eigenvalue weighted by Gasteiger charge is -2.37. The number of methoxy groups -OCH3 is 2. The summed E-state index contributed by atoms with van der Waals surface area (Å²) in [4.78, 5) is 15.1. The van der Waals surface area contributed by atoms with Gasteiger partial charge in [-0.05, 0) is 44.7 Å². The monoisotopic (exact) mass is 347 g/mol. The Morgan fingerprint density at radius 1 is 1.08 bits per heavy atom. The molecule has 0 spiro atoms. The second-order valence-corrected chi connectivity index (χ2v) is 7.23. The lowest BCUT2D eigenvalue weighted by atomic mass is 9.80. The maximum Gasteiger partial charge on any atom is 0.254 e. The highest BCUT2D eigenvalue weighted by atomic mass is 16.5. The normalized spacial score (nSPS) is 26.6. The van der Waals surface area contributed by atoms with Crippen molar-refractivity contribution in [2.24, 2.45) is 5.92 Å². The third-order valence-corrected chi connectivity index (χ3v) is 5.84. The van der Waals surface area contributed by atoms with Crippen LogP contribution in [0.4, 0.5) is 0 Å². The van der Waals surface area contributed by atoms with Gasteiger partial charge in [-0.3, -0.25) is 4.79 Å². The minimum Gasteiger partial charge on any atom is -0.496 e. The van der Waals surface area contributed by atoms with Crippen molar-refractivity contribution in [2.45, 2.75) is 57.6 Å². The van der Waals surface area contributed by atoms with Gasteiger partial charge in [-0.1, -0.05) is 12.8 Å². The smallest absolute Gasteiger partial charge is 0.254 e. The first-order valence-electron chi connectivity index (χ1n) is 9.28. The van der Waals surface area contributed by atoms with E-state index >= 15 is 0 Å². The molecule has 1 aromatic carbocycles. The van der Waals surface area contributed by atoms with Crippen molar-refractivity contribution in [2.75, 3.05) is 20.8 Å². The van der Waals surface area contributed by atoms with E-state index in [0.29, 0.717) is 17.1 Å². The van der Waals surface area contributed by atoms with Gasteiger partial charge in [-0.15, -0.1) is 0 Å². The molecule has 1 aliphatic heterocycles. The molecule has 0 bridgehead atoms. The molecule has 1 heterocycles. The van der Waals surface area contributed by atoms with Gasteiger partial charge in [0.1, 0.15) is 11.5 Å². The maximum absolute atomic E-state index is 13.2. The standard InChI is InChI=1S/C20H29NO4/c1-13-18(24-2)11-14(12-19(13)25-3)20(23)21-10-6-8-16(21)15-7-4-5-9-17(15)22/h11-12,15-17,22H,4-10H2,1-3H3/t15-,16-,17+/m1/s1. The molecular formula is C20H29NO4. The molecule has 0 unspecified atom stereocenters. The van der Waals surface area contributed by atoms with Crippen LogP contribution in [0.3, 0.4) is 0 Å². The van der Waals surface area contributed by atoms with E-state index in [1.54, 1.807) is 26.4 Å². The molecule has 1 N–H and O–H groups in total. The van der Waals surface area contributed by atoms with E-state index in [1.807, 2.05) is 11.8 Å². The average Bonchev–Trinajstić information content (AvgIpc) is 3.11. The Morgan fingerprint density at radius 3 is 2.32 bits per heavy atom. The number of aliphatic hydroxyl groups excluding tert-OH is 1. The highest BCUT2D eigenvalue weighted by Crippen LogP contribution is 2.36. The molecule has 1 saturated carbocycles. The fraction of sp³-hybridized carbons (Fsp3) is 0.650. The van der Waals surface area contributed by atoms with Crippen molar-refractivity contribution in [3.63, 3.8) is 0 Å². The summed E-state index contributed by atoms with van der Waals surface area (Å²) >= 11 is 0. The van der Waals surface area contributed by atoms with Crippen LogP contribution in [0.25, 0.3) is 0 Å². The molecular weight excluding hydrogens is 318 g/mol. The summed E-state index contributed by atoms with van der Waals surface area (Å²) in [6, 6.07) is 3.74. The van der Waals surface area contributed by atoms with E-state index in [-0.39, 0.29) is 24.0 Å². The van der Waals surface area contributed by atoms with Crippen molar-refractivity contribution in [3.05, 3.63) is 23.3 Å². The van der Waals surface area contributed by atoms with Gasteiger partial charge in [0.25, 0.3) is 5.91 Å². The largest absolute Gasteiger partial charge is 0.496 e. The van der Waals surface area contributed by atoms with Crippen LogP contribution in [0.15, 0.2) is 12.1 Å². The zero-order valence-corrected chi connectivity index (χ0v) is 15.5. The van der Waals surface area contributed by atoms with E-state index in [4.69, 9.17) is 9.47 Å². The number of ether oxygens (including phenoxy) is 2. The van der Waals surface area contributed by atoms with Gasteiger partial charge in [-0.25, -0.2) is 0 Å². The predicted molar refractivity (Wildman–Crippen MR) is 96.3 cm³/mol. The molecule has 3 atom stereocenters. The van der Waals surface area contributed by atoms with Crippen LogP contribution >= 0.6 is 0 Å². The lowest BCUT2D eigenvalue weighted by molar-refractivity contribution is 0.0211. The molecule has 3 rings (SSSR count). The second-order valence-electron chi connectivity index (χ2n) is 7.23. The molecule has 0 radical (unpaired) electrons. The van der Waals surface area contributed by atoms with E-state index < -0.39 is 0 Å². The molecule has 5 heteroatoms. The maximum atomic E-state index is 13.2. The SMILES string of the molecule is COc1cc(C(=O)N2CCC[C@@H]2[C@H]2CCCC[C@@H]2O)cc(OC)c1C. The molecule has 2 aliphatic rings. The Labute approximate surface area is 149 Å². The molecule has 1 aliphatic carbocycles. The first kappa shape index (κ1) is 18.1. The van der Waals surface area contributed by atoms with E-state index in [0.717, 1.165) is 50.6 Å². The van der Waals surface area contributed by atoms with Crippen molar-refractivity contribution in [1.82, 2.24) is 4.90 Å². The number of hydrogen-bond acceptors (Lipinski definition) is 4. The Balaban J connectivity index is 1.86. The number of amides is 1. The summed E-state index contributed by atoms with van der Waals surface area (Å²) in [6.45, 7) is 2.67. The van der Waals surface area contributed by atoms with Gasteiger partial charge in [0.2, 0.25) is 0 Å². The molecule has 5 nitrogen and oxygen atoms in total. The number of benzene rings is 1. The zero-order valence-electron chi connectivity index (χ0n) is 15.5. The Hall–Kier alpha value is -1.75. The van der Waals surface area contributed by atoms with Crippen LogP contribution in [-0.2, 0) is 0 Å². The summed E-state index contributed by atoms with van der Waals surface area (Å²) in [5.41, 5.74) is 1.48. The van der Waals surface area contributed by atoms with Crippen molar-refractivity contribution >= 4 is 5.91 Å². The van der Waals surface area contributed by atoms with E-state index in [2.05, 4.69) is 0 Å². The van der Waals surface area contributed by atoms with Gasteiger partial charge in [0, 0.05) is 29.6 Å². The third-order valence-electron chi connectivity index (χ3n) is 5.84. The van der Waals surface area contributed by atoms with Crippen LogP contribution < -0.4 is 9.47 Å². The van der Waals surface area contributed by atoms with Crippen LogP contribution in [0, 0.1) is 12.8 Å². The number of nitrogens with zero attached hydrogens (tertiary/aromatic N) is 1. The lowest BCUT2D eigenvalue weighted by Crippen LogP contribution is -2.45. The van der Waals surface area contributed by atoms with Crippen molar-refractivity contribution in [1.29, 1.82) is 0 Å². The average molecular weight is 347 g/mol. The number of hydrogen-bond donors (Lipinski definition) is 1. The van der Waals surface area contributed by atoms with Gasteiger partial charge in [0.05, 0.1) is 20.3 Å². The highest BCUT2D eigenvalue weighted by molar-refractivity contribution is 5.95. The fourth-order valence-electron chi connectivity index (χ4n) is 4.45. The molecule has 1 aromatic rings. The number of carbonyl (C=O) groups is 1. The molecule has 138 valence electrons. The van der Waals surface area contributed by atoms with Crippen LogP contribution in [0.5, 0.6) is 11.5 Å². The van der Waals surface area contributed by atoms with Crippen molar-refractivity contribution in [3.8, 4) is 11.5 Å². The quantitative estimate of drug-likeness (QED) is 0.909. The molecule has 25 heavy (non-hydrogen) atoms. The van der Waals surface area contributed by atoms with E-state index in [9.17, 15) is 9.90 Å². The van der Waals surface area contributed by atoms with Crippen molar-refractivity contribution < 1.29 is 19.4 Å². The summed E-state index contributed by atoms with van der Waals surface area (Å²) in [5, 5.41) is 10.4. The van der Waals surface area contributed by atoms with Gasteiger partial charge >= 0.3 is 0 Å². The highest BCUT2D eigenvalue weighted by Gasteiger charge is 2.39. The molecule has 1 amide bonds. The number of aliphatic hydroxyl groups is 1. The summed E-state index contributed by atoms with van der Waals surface area (Å²) < 4.78 is 10.8. The van der Waals surface area contributed by atoms with E-state index in [1.165, 1.54) is 0 Å². The minimum absolute atomic E-state index is 0.0110. The fourth-order valence-corrected chi connectivity index (χ4v) is 4.45. The van der Waals surface area contributed by atoms with Crippen LogP contribution in [-0.4, -0.2) is 48.8 Å². The number of carbonyl (C=O) groups excluding carboxylic acids is 1. The van der Waals surface area contributed by atoms with Gasteiger partial charge < -0.3 is 19.5 Å². The molecule has 1 saturated heterocycles. The summed E-state index contributed by atoms with van der Waals surface area (Å²) in [7, 11) is 3.21. The van der Waals surface area contributed by atoms with Crippen LogP contribution in [0.1, 0.15) is 54.4 Å². The summed E-state index contributed by atoms with van der Waals surface area (Å²) in [6.07, 6.45) is 5.80. The first-order chi connectivity index (χ1) is 12.1. The number of rotatable bonds is 4. The zero-order chi connectivity index (χ0) is 18.0. The van der Waals surface area contributed by atoms with Gasteiger partial charge in [-0.2, -0.15) is 0 Å². The molecule has 2 fully saturated rings. The number of likely N-dealkylation sites (tertiary alicyclic amines) is 1. The Morgan fingerprint density at radius 2 is 1.72 bits per heavy atom. The summed E-state index contributed by atoms with van der Waals surface area (Å²) in [5.74, 6) is 1.54. The Bertz CT molecular complexity index is 605. The van der Waals surface area contributed by atoms with Crippen LogP contribution in [0.2, 0.25) is 0 Å². The Kier molecular flexibility index (Phi) is 5.52.